The Morgan fingerprint density at radius 3 is 2.86 bits per heavy atom. The van der Waals surface area contributed by atoms with Crippen LogP contribution in [0.4, 0.5) is 10.1 Å². The maximum Gasteiger partial charge on any atom is 0.161 e. The Balaban J connectivity index is 2.23. The van der Waals surface area contributed by atoms with Gasteiger partial charge in [-0.2, -0.15) is 0 Å². The number of halogens is 2. The van der Waals surface area contributed by atoms with Gasteiger partial charge in [0.2, 0.25) is 0 Å². The van der Waals surface area contributed by atoms with Crippen molar-refractivity contribution in [1.29, 1.82) is 0 Å². The summed E-state index contributed by atoms with van der Waals surface area (Å²) in [7, 11) is 0. The SMILES string of the molecule is CCc1cnc(C(C)Nc2ccc(C(N)=S)c(Br)c2F)s1. The molecule has 1 unspecified atom stereocenters. The van der Waals surface area contributed by atoms with E-state index in [4.69, 9.17) is 18.0 Å². The van der Waals surface area contributed by atoms with Crippen LogP contribution in [0.25, 0.3) is 0 Å². The molecule has 0 saturated carbocycles. The molecule has 1 aromatic carbocycles. The van der Waals surface area contributed by atoms with E-state index < -0.39 is 5.82 Å². The minimum absolute atomic E-state index is 0.0765. The molecule has 0 spiro atoms. The van der Waals surface area contributed by atoms with Crippen LogP contribution in [-0.4, -0.2) is 9.97 Å². The third kappa shape index (κ3) is 3.59. The topological polar surface area (TPSA) is 50.9 Å². The highest BCUT2D eigenvalue weighted by atomic mass is 79.9. The third-order valence-electron chi connectivity index (χ3n) is 3.01. The highest BCUT2D eigenvalue weighted by molar-refractivity contribution is 9.10. The summed E-state index contributed by atoms with van der Waals surface area (Å²) in [5, 5.41) is 4.06. The van der Waals surface area contributed by atoms with Gasteiger partial charge in [0.1, 0.15) is 10.00 Å². The molecule has 7 heteroatoms. The third-order valence-corrected chi connectivity index (χ3v) is 5.33. The van der Waals surface area contributed by atoms with Crippen molar-refractivity contribution in [2.45, 2.75) is 26.3 Å². The molecule has 0 saturated heterocycles. The average molecular weight is 388 g/mol. The molecule has 1 heterocycles. The van der Waals surface area contributed by atoms with E-state index in [1.54, 1.807) is 23.5 Å². The number of anilines is 1. The lowest BCUT2D eigenvalue weighted by Crippen LogP contribution is -2.13. The molecule has 1 atom stereocenters. The Labute approximate surface area is 140 Å². The fraction of sp³-hybridized carbons (Fsp3) is 0.286. The number of aryl methyl sites for hydroxylation is 1. The van der Waals surface area contributed by atoms with Crippen molar-refractivity contribution in [3.05, 3.63) is 44.1 Å². The second-order valence-electron chi connectivity index (χ2n) is 4.54. The number of nitrogens with zero attached hydrogens (tertiary/aromatic N) is 1. The zero-order valence-electron chi connectivity index (χ0n) is 11.6. The molecule has 0 fully saturated rings. The summed E-state index contributed by atoms with van der Waals surface area (Å²) < 4.78 is 14.6. The number of nitrogens with one attached hydrogen (secondary N) is 1. The monoisotopic (exact) mass is 387 g/mol. The molecule has 0 aliphatic heterocycles. The van der Waals surface area contributed by atoms with Crippen LogP contribution in [-0.2, 0) is 6.42 Å². The highest BCUT2D eigenvalue weighted by Crippen LogP contribution is 2.30. The van der Waals surface area contributed by atoms with Crippen LogP contribution in [0.2, 0.25) is 0 Å². The number of thiocarbonyl (C=S) groups is 1. The second-order valence-corrected chi connectivity index (χ2v) is 6.92. The van der Waals surface area contributed by atoms with Crippen molar-refractivity contribution in [2.75, 3.05) is 5.32 Å². The molecule has 0 aliphatic rings. The summed E-state index contributed by atoms with van der Waals surface area (Å²) >= 11 is 9.71. The molecule has 0 bridgehead atoms. The number of hydrogen-bond donors (Lipinski definition) is 2. The van der Waals surface area contributed by atoms with Gasteiger partial charge in [-0.15, -0.1) is 11.3 Å². The molecule has 1 aromatic heterocycles. The predicted octanol–water partition coefficient (Wildman–Crippen LogP) is 4.41. The second kappa shape index (κ2) is 6.81. The van der Waals surface area contributed by atoms with Gasteiger partial charge in [-0.25, -0.2) is 9.37 Å². The molecule has 3 N–H and O–H groups in total. The first-order valence-corrected chi connectivity index (χ1v) is 8.44. The van der Waals surface area contributed by atoms with Crippen molar-refractivity contribution >= 4 is 50.2 Å². The number of nitrogens with two attached hydrogens (primary N) is 1. The minimum Gasteiger partial charge on any atom is -0.389 e. The van der Waals surface area contributed by atoms with E-state index in [0.717, 1.165) is 11.4 Å². The molecular weight excluding hydrogens is 373 g/mol. The van der Waals surface area contributed by atoms with E-state index in [1.807, 2.05) is 13.1 Å². The van der Waals surface area contributed by atoms with Crippen molar-refractivity contribution in [3.8, 4) is 0 Å². The Hall–Kier alpha value is -1.05. The Morgan fingerprint density at radius 2 is 2.29 bits per heavy atom. The van der Waals surface area contributed by atoms with E-state index in [1.165, 1.54) is 4.88 Å². The van der Waals surface area contributed by atoms with Crippen LogP contribution in [0, 0.1) is 5.82 Å². The first-order valence-electron chi connectivity index (χ1n) is 6.43. The largest absolute Gasteiger partial charge is 0.389 e. The van der Waals surface area contributed by atoms with Crippen LogP contribution < -0.4 is 11.1 Å². The normalized spacial score (nSPS) is 12.2. The molecule has 21 heavy (non-hydrogen) atoms. The molecule has 2 aromatic rings. The molecule has 0 amide bonds. The van der Waals surface area contributed by atoms with Gasteiger partial charge in [0.15, 0.2) is 5.82 Å². The van der Waals surface area contributed by atoms with Gasteiger partial charge in [0.25, 0.3) is 0 Å². The van der Waals surface area contributed by atoms with Crippen LogP contribution in [0.3, 0.4) is 0 Å². The molecule has 112 valence electrons. The lowest BCUT2D eigenvalue weighted by Gasteiger charge is -2.15. The van der Waals surface area contributed by atoms with Crippen LogP contribution in [0.5, 0.6) is 0 Å². The number of benzene rings is 1. The van der Waals surface area contributed by atoms with Gasteiger partial charge in [-0.1, -0.05) is 19.1 Å². The summed E-state index contributed by atoms with van der Waals surface area (Å²) in [5.41, 5.74) is 6.43. The Bertz CT molecular complexity index is 672. The van der Waals surface area contributed by atoms with E-state index in [2.05, 4.69) is 33.2 Å². The maximum atomic E-state index is 14.3. The van der Waals surface area contributed by atoms with E-state index in [0.29, 0.717) is 11.3 Å². The highest BCUT2D eigenvalue weighted by Gasteiger charge is 2.16. The van der Waals surface area contributed by atoms with Gasteiger partial charge in [-0.05, 0) is 41.4 Å². The van der Waals surface area contributed by atoms with Gasteiger partial charge >= 0.3 is 0 Å². The fourth-order valence-electron chi connectivity index (χ4n) is 1.83. The van der Waals surface area contributed by atoms with E-state index >= 15 is 0 Å². The maximum absolute atomic E-state index is 14.3. The van der Waals surface area contributed by atoms with Crippen molar-refractivity contribution in [3.63, 3.8) is 0 Å². The standard InChI is InChI=1S/C14H15BrFN3S2/c1-3-8-6-18-14(21-8)7(2)19-10-5-4-9(13(17)20)11(15)12(10)16/h4-7,19H,3H2,1-2H3,(H2,17,20). The van der Waals surface area contributed by atoms with Crippen LogP contribution >= 0.6 is 39.5 Å². The minimum atomic E-state index is -0.403. The van der Waals surface area contributed by atoms with Crippen molar-refractivity contribution in [2.24, 2.45) is 5.73 Å². The molecule has 0 aliphatic carbocycles. The summed E-state index contributed by atoms with van der Waals surface area (Å²) in [5.74, 6) is -0.403. The fourth-order valence-corrected chi connectivity index (χ4v) is 3.55. The predicted molar refractivity (Wildman–Crippen MR) is 93.5 cm³/mol. The average Bonchev–Trinajstić information content (AvgIpc) is 2.92. The first-order chi connectivity index (χ1) is 9.93. The summed E-state index contributed by atoms with van der Waals surface area (Å²) in [6.45, 7) is 4.04. The van der Waals surface area contributed by atoms with Crippen molar-refractivity contribution < 1.29 is 4.39 Å². The lowest BCUT2D eigenvalue weighted by atomic mass is 10.2. The number of rotatable bonds is 5. The lowest BCUT2D eigenvalue weighted by molar-refractivity contribution is 0.620. The zero-order chi connectivity index (χ0) is 15.6. The van der Waals surface area contributed by atoms with Crippen LogP contribution in [0.15, 0.2) is 22.8 Å². The van der Waals surface area contributed by atoms with Crippen molar-refractivity contribution in [1.82, 2.24) is 4.98 Å². The van der Waals surface area contributed by atoms with Gasteiger partial charge in [0, 0.05) is 16.6 Å². The molecule has 3 nitrogen and oxygen atoms in total. The quantitative estimate of drug-likeness (QED) is 0.745. The van der Waals surface area contributed by atoms with E-state index in [9.17, 15) is 4.39 Å². The summed E-state index contributed by atoms with van der Waals surface area (Å²) in [6, 6.07) is 3.26. The zero-order valence-corrected chi connectivity index (χ0v) is 14.8. The van der Waals surface area contributed by atoms with Gasteiger partial charge < -0.3 is 11.1 Å². The van der Waals surface area contributed by atoms with Gasteiger partial charge in [-0.3, -0.25) is 0 Å². The smallest absolute Gasteiger partial charge is 0.161 e. The number of hydrogen-bond acceptors (Lipinski definition) is 4. The number of thiazole rings is 1. The molecule has 2 rings (SSSR count). The Kier molecular flexibility index (Phi) is 5.29. The van der Waals surface area contributed by atoms with Crippen LogP contribution in [0.1, 0.15) is 35.3 Å². The van der Waals surface area contributed by atoms with Gasteiger partial charge in [0.05, 0.1) is 16.2 Å². The summed E-state index contributed by atoms with van der Waals surface area (Å²) in [6.07, 6.45) is 2.81. The Morgan fingerprint density at radius 1 is 1.57 bits per heavy atom. The van der Waals surface area contributed by atoms with E-state index in [-0.39, 0.29) is 15.5 Å². The molecule has 0 radical (unpaired) electrons. The first kappa shape index (κ1) is 16.3. The molecular formula is C14H15BrFN3S2. The number of aromatic nitrogens is 1. The summed E-state index contributed by atoms with van der Waals surface area (Å²) in [4.78, 5) is 5.73.